The van der Waals surface area contributed by atoms with Gasteiger partial charge in [0.25, 0.3) is 0 Å². The summed E-state index contributed by atoms with van der Waals surface area (Å²) in [5.74, 6) is -0.139. The number of rotatable bonds is 15. The van der Waals surface area contributed by atoms with Crippen molar-refractivity contribution < 1.29 is 9.53 Å². The van der Waals surface area contributed by atoms with Gasteiger partial charge in [-0.25, -0.2) is 0 Å². The molecule has 146 valence electrons. The molecule has 26 heavy (non-hydrogen) atoms. The minimum absolute atomic E-state index is 0.139. The van der Waals surface area contributed by atoms with Crippen LogP contribution in [0, 0.1) is 0 Å². The SMILES string of the molecule is C=CCOC(=O)C(C)(CCCCCCCCCCCC)c1ccccc1. The average Bonchev–Trinajstić information content (AvgIpc) is 2.68. The monoisotopic (exact) mass is 358 g/mol. The molecule has 1 aromatic carbocycles. The summed E-state index contributed by atoms with van der Waals surface area (Å²) in [7, 11) is 0. The lowest BCUT2D eigenvalue weighted by Gasteiger charge is -2.28. The van der Waals surface area contributed by atoms with E-state index in [0.717, 1.165) is 18.4 Å². The van der Waals surface area contributed by atoms with Crippen LogP contribution in [0.2, 0.25) is 0 Å². The molecule has 0 aliphatic heterocycles. The Morgan fingerprint density at radius 2 is 1.50 bits per heavy atom. The fourth-order valence-electron chi connectivity index (χ4n) is 3.43. The number of esters is 1. The molecule has 0 N–H and O–H groups in total. The normalized spacial score (nSPS) is 13.2. The van der Waals surface area contributed by atoms with Gasteiger partial charge in [0.2, 0.25) is 0 Å². The van der Waals surface area contributed by atoms with Crippen LogP contribution in [-0.4, -0.2) is 12.6 Å². The fraction of sp³-hybridized carbons (Fsp3) is 0.625. The summed E-state index contributed by atoms with van der Waals surface area (Å²) in [6, 6.07) is 10.0. The number of carbonyl (C=O) groups excluding carboxylic acids is 1. The van der Waals surface area contributed by atoms with E-state index in [2.05, 4.69) is 13.5 Å². The van der Waals surface area contributed by atoms with Crippen LogP contribution in [0.15, 0.2) is 43.0 Å². The number of hydrogen-bond donors (Lipinski definition) is 0. The van der Waals surface area contributed by atoms with Gasteiger partial charge in [0.05, 0.1) is 5.41 Å². The number of hydrogen-bond acceptors (Lipinski definition) is 2. The van der Waals surface area contributed by atoms with Gasteiger partial charge in [-0.1, -0.05) is 114 Å². The van der Waals surface area contributed by atoms with Crippen LogP contribution in [0.1, 0.15) is 90.0 Å². The largest absolute Gasteiger partial charge is 0.461 e. The molecule has 0 saturated heterocycles. The van der Waals surface area contributed by atoms with E-state index in [-0.39, 0.29) is 12.6 Å². The van der Waals surface area contributed by atoms with Crippen LogP contribution in [0.5, 0.6) is 0 Å². The van der Waals surface area contributed by atoms with Gasteiger partial charge in [0.15, 0.2) is 0 Å². The zero-order valence-corrected chi connectivity index (χ0v) is 17.0. The lowest BCUT2D eigenvalue weighted by Crippen LogP contribution is -2.34. The van der Waals surface area contributed by atoms with E-state index in [1.165, 1.54) is 57.8 Å². The highest BCUT2D eigenvalue weighted by molar-refractivity contribution is 5.82. The number of unbranched alkanes of at least 4 members (excludes halogenated alkanes) is 9. The van der Waals surface area contributed by atoms with Crippen LogP contribution >= 0.6 is 0 Å². The quantitative estimate of drug-likeness (QED) is 0.192. The molecule has 0 fully saturated rings. The lowest BCUT2D eigenvalue weighted by molar-refractivity contribution is -0.149. The van der Waals surface area contributed by atoms with Gasteiger partial charge < -0.3 is 4.74 Å². The van der Waals surface area contributed by atoms with E-state index in [1.807, 2.05) is 37.3 Å². The number of benzene rings is 1. The summed E-state index contributed by atoms with van der Waals surface area (Å²) in [5, 5.41) is 0. The van der Waals surface area contributed by atoms with Gasteiger partial charge in [-0.05, 0) is 18.9 Å². The van der Waals surface area contributed by atoms with Crippen molar-refractivity contribution in [2.75, 3.05) is 6.61 Å². The smallest absolute Gasteiger partial charge is 0.316 e. The lowest BCUT2D eigenvalue weighted by atomic mass is 9.78. The van der Waals surface area contributed by atoms with Gasteiger partial charge in [-0.3, -0.25) is 4.79 Å². The maximum atomic E-state index is 12.6. The van der Waals surface area contributed by atoms with Gasteiger partial charge >= 0.3 is 5.97 Å². The molecule has 0 aliphatic rings. The number of ether oxygens (including phenoxy) is 1. The Labute approximate surface area is 161 Å². The molecule has 0 amide bonds. The first kappa shape index (κ1) is 22.5. The third kappa shape index (κ3) is 8.21. The summed E-state index contributed by atoms with van der Waals surface area (Å²) >= 11 is 0. The summed E-state index contributed by atoms with van der Waals surface area (Å²) in [4.78, 5) is 12.6. The van der Waals surface area contributed by atoms with E-state index >= 15 is 0 Å². The molecule has 0 spiro atoms. The molecule has 0 aromatic heterocycles. The second-order valence-electron chi connectivity index (χ2n) is 7.52. The molecule has 0 heterocycles. The predicted octanol–water partition coefficient (Wildman–Crippen LogP) is 6.98. The molecule has 1 aromatic rings. The Morgan fingerprint density at radius 1 is 0.962 bits per heavy atom. The van der Waals surface area contributed by atoms with Crippen LogP contribution in [-0.2, 0) is 14.9 Å². The second-order valence-corrected chi connectivity index (χ2v) is 7.52. The van der Waals surface area contributed by atoms with Crippen molar-refractivity contribution in [3.8, 4) is 0 Å². The molecule has 0 radical (unpaired) electrons. The van der Waals surface area contributed by atoms with E-state index < -0.39 is 5.41 Å². The van der Waals surface area contributed by atoms with E-state index in [0.29, 0.717) is 0 Å². The van der Waals surface area contributed by atoms with Crippen LogP contribution in [0.25, 0.3) is 0 Å². The maximum absolute atomic E-state index is 12.6. The van der Waals surface area contributed by atoms with Crippen molar-refractivity contribution in [1.29, 1.82) is 0 Å². The molecule has 1 atom stereocenters. The van der Waals surface area contributed by atoms with E-state index in [1.54, 1.807) is 6.08 Å². The van der Waals surface area contributed by atoms with Crippen LogP contribution in [0.4, 0.5) is 0 Å². The minimum Gasteiger partial charge on any atom is -0.461 e. The summed E-state index contributed by atoms with van der Waals surface area (Å²) in [5.41, 5.74) is 0.481. The molecule has 2 heteroatoms. The zero-order chi connectivity index (χ0) is 19.1. The molecular formula is C24H38O2. The highest BCUT2D eigenvalue weighted by Gasteiger charge is 2.35. The van der Waals surface area contributed by atoms with E-state index in [4.69, 9.17) is 4.74 Å². The standard InChI is InChI=1S/C24H38O2/c1-4-6-7-8-9-10-11-12-13-17-20-24(3,23(25)26-21-5-2)22-18-15-14-16-19-22/h5,14-16,18-19H,2,4,6-13,17,20-21H2,1,3H3. The van der Waals surface area contributed by atoms with Crippen molar-refractivity contribution >= 4 is 5.97 Å². The summed E-state index contributed by atoms with van der Waals surface area (Å²) < 4.78 is 5.40. The van der Waals surface area contributed by atoms with Crippen LogP contribution in [0.3, 0.4) is 0 Å². The minimum atomic E-state index is -0.565. The first-order chi connectivity index (χ1) is 12.6. The van der Waals surface area contributed by atoms with E-state index in [9.17, 15) is 4.79 Å². The molecule has 0 bridgehead atoms. The maximum Gasteiger partial charge on any atom is 0.316 e. The second kappa shape index (κ2) is 13.6. The number of carbonyl (C=O) groups is 1. The molecular weight excluding hydrogens is 320 g/mol. The predicted molar refractivity (Wildman–Crippen MR) is 111 cm³/mol. The molecule has 0 aliphatic carbocycles. The molecule has 1 rings (SSSR count). The highest BCUT2D eigenvalue weighted by atomic mass is 16.5. The molecule has 2 nitrogen and oxygen atoms in total. The van der Waals surface area contributed by atoms with Gasteiger partial charge in [0.1, 0.15) is 6.61 Å². The van der Waals surface area contributed by atoms with Crippen molar-refractivity contribution in [3.05, 3.63) is 48.6 Å². The third-order valence-corrected chi connectivity index (χ3v) is 5.22. The Morgan fingerprint density at radius 3 is 2.04 bits per heavy atom. The first-order valence-electron chi connectivity index (χ1n) is 10.5. The summed E-state index contributed by atoms with van der Waals surface area (Å²) in [6.07, 6.45) is 15.5. The van der Waals surface area contributed by atoms with Crippen molar-refractivity contribution in [2.24, 2.45) is 0 Å². The van der Waals surface area contributed by atoms with Gasteiger partial charge in [-0.2, -0.15) is 0 Å². The Bertz CT molecular complexity index is 494. The van der Waals surface area contributed by atoms with Gasteiger partial charge in [0, 0.05) is 0 Å². The average molecular weight is 359 g/mol. The Hall–Kier alpha value is -1.57. The first-order valence-corrected chi connectivity index (χ1v) is 10.5. The zero-order valence-electron chi connectivity index (χ0n) is 17.0. The van der Waals surface area contributed by atoms with Crippen molar-refractivity contribution in [3.63, 3.8) is 0 Å². The fourth-order valence-corrected chi connectivity index (χ4v) is 3.43. The van der Waals surface area contributed by atoms with Crippen LogP contribution < -0.4 is 0 Å². The van der Waals surface area contributed by atoms with Crippen molar-refractivity contribution in [2.45, 2.75) is 89.9 Å². The Kier molecular flexibility index (Phi) is 11.8. The summed E-state index contributed by atoms with van der Waals surface area (Å²) in [6.45, 7) is 8.19. The van der Waals surface area contributed by atoms with Gasteiger partial charge in [-0.15, -0.1) is 0 Å². The van der Waals surface area contributed by atoms with Crippen molar-refractivity contribution in [1.82, 2.24) is 0 Å². The molecule has 0 saturated carbocycles. The topological polar surface area (TPSA) is 26.3 Å². The Balaban J connectivity index is 2.38. The molecule has 1 unspecified atom stereocenters. The third-order valence-electron chi connectivity index (χ3n) is 5.22. The highest BCUT2D eigenvalue weighted by Crippen LogP contribution is 2.31.